The molecule has 2 aromatic carbocycles. The minimum Gasteiger partial charge on any atom is -0.156 e. The molecule has 0 saturated carbocycles. The second kappa shape index (κ2) is 5.21. The monoisotopic (exact) mass is 277 g/mol. The molecular weight excluding hydrogens is 256 g/mol. The molecule has 0 aliphatic rings. The lowest BCUT2D eigenvalue weighted by molar-refractivity contribution is -0.740. The zero-order valence-electron chi connectivity index (χ0n) is 13.1. The lowest BCUT2D eigenvalue weighted by atomic mass is 10.0. The summed E-state index contributed by atoms with van der Waals surface area (Å²) < 4.78 is 4.40. The first-order valence-electron chi connectivity index (χ1n) is 7.27. The Hall–Kier alpha value is -2.35. The Morgan fingerprint density at radius 2 is 1.52 bits per heavy atom. The summed E-state index contributed by atoms with van der Waals surface area (Å²) in [6, 6.07) is 19.4. The maximum atomic E-state index is 2.26. The molecule has 0 N–H and O–H groups in total. The van der Waals surface area contributed by atoms with Crippen LogP contribution in [0.25, 0.3) is 22.5 Å². The standard InChI is InChI=1S/C19H21N2/c1-14-10-11-17(12-15(14)2)19-13-18(20(3)21(19)4)16-8-6-5-7-9-16/h5-13H,1-4H3/q+1. The number of hydrogen-bond acceptors (Lipinski definition) is 0. The van der Waals surface area contributed by atoms with Crippen LogP contribution in [0.2, 0.25) is 0 Å². The summed E-state index contributed by atoms with van der Waals surface area (Å²) in [6.45, 7) is 4.32. The number of benzene rings is 2. The van der Waals surface area contributed by atoms with Crippen LogP contribution < -0.4 is 4.68 Å². The normalized spacial score (nSPS) is 10.9. The maximum absolute atomic E-state index is 2.26. The van der Waals surface area contributed by atoms with Crippen LogP contribution in [0.5, 0.6) is 0 Å². The van der Waals surface area contributed by atoms with E-state index in [-0.39, 0.29) is 0 Å². The van der Waals surface area contributed by atoms with Crippen LogP contribution in [0.1, 0.15) is 11.1 Å². The van der Waals surface area contributed by atoms with Gasteiger partial charge in [0.05, 0.1) is 7.05 Å². The van der Waals surface area contributed by atoms with Gasteiger partial charge in [-0.3, -0.25) is 0 Å². The summed E-state index contributed by atoms with van der Waals surface area (Å²) in [5.41, 5.74) is 7.63. The molecule has 3 aromatic rings. The number of rotatable bonds is 2. The highest BCUT2D eigenvalue weighted by atomic mass is 15.4. The molecule has 0 aliphatic carbocycles. The van der Waals surface area contributed by atoms with E-state index >= 15 is 0 Å². The van der Waals surface area contributed by atoms with Gasteiger partial charge in [0.15, 0.2) is 7.05 Å². The molecule has 1 aromatic heterocycles. The van der Waals surface area contributed by atoms with Gasteiger partial charge in [-0.2, -0.15) is 4.68 Å². The minimum absolute atomic E-state index is 1.23. The van der Waals surface area contributed by atoms with Crippen molar-refractivity contribution in [1.29, 1.82) is 0 Å². The van der Waals surface area contributed by atoms with Gasteiger partial charge in [0.1, 0.15) is 5.69 Å². The molecule has 0 fully saturated rings. The quantitative estimate of drug-likeness (QED) is 0.630. The molecule has 0 unspecified atom stereocenters. The molecule has 0 amide bonds. The SMILES string of the molecule is Cc1ccc(-c2cc(-c3ccccc3)n(C)[n+]2C)cc1C. The summed E-state index contributed by atoms with van der Waals surface area (Å²) >= 11 is 0. The fraction of sp³-hybridized carbons (Fsp3) is 0.211. The second-order valence-corrected chi connectivity index (χ2v) is 5.63. The lowest BCUT2D eigenvalue weighted by Crippen LogP contribution is -2.39. The summed E-state index contributed by atoms with van der Waals surface area (Å²) in [4.78, 5) is 0. The first-order chi connectivity index (χ1) is 10.1. The van der Waals surface area contributed by atoms with Gasteiger partial charge in [-0.25, -0.2) is 0 Å². The Morgan fingerprint density at radius 1 is 0.810 bits per heavy atom. The van der Waals surface area contributed by atoms with Crippen LogP contribution in [0.3, 0.4) is 0 Å². The first-order valence-corrected chi connectivity index (χ1v) is 7.27. The summed E-state index contributed by atoms with van der Waals surface area (Å²) in [5, 5.41) is 0. The molecule has 21 heavy (non-hydrogen) atoms. The van der Waals surface area contributed by atoms with Crippen molar-refractivity contribution < 1.29 is 4.68 Å². The number of hydrogen-bond donors (Lipinski definition) is 0. The molecule has 1 heterocycles. The predicted molar refractivity (Wildman–Crippen MR) is 86.9 cm³/mol. The largest absolute Gasteiger partial charge is 0.238 e. The molecule has 0 saturated heterocycles. The van der Waals surface area contributed by atoms with Crippen LogP contribution in [0.4, 0.5) is 0 Å². The van der Waals surface area contributed by atoms with E-state index in [0.29, 0.717) is 0 Å². The van der Waals surface area contributed by atoms with E-state index in [2.05, 4.69) is 91.9 Å². The van der Waals surface area contributed by atoms with Crippen molar-refractivity contribution in [1.82, 2.24) is 4.68 Å². The van der Waals surface area contributed by atoms with Crippen molar-refractivity contribution in [2.75, 3.05) is 0 Å². The van der Waals surface area contributed by atoms with Crippen LogP contribution in [0.15, 0.2) is 54.6 Å². The third-order valence-electron chi connectivity index (χ3n) is 4.29. The van der Waals surface area contributed by atoms with Crippen molar-refractivity contribution in [3.63, 3.8) is 0 Å². The molecule has 2 nitrogen and oxygen atoms in total. The van der Waals surface area contributed by atoms with Crippen LogP contribution in [-0.2, 0) is 14.1 Å². The van der Waals surface area contributed by atoms with Gasteiger partial charge < -0.3 is 0 Å². The molecule has 2 heteroatoms. The van der Waals surface area contributed by atoms with E-state index in [1.807, 2.05) is 0 Å². The highest BCUT2D eigenvalue weighted by molar-refractivity contribution is 5.67. The molecule has 3 rings (SSSR count). The van der Waals surface area contributed by atoms with Gasteiger partial charge in [-0.1, -0.05) is 36.4 Å². The molecule has 0 aliphatic heterocycles. The Labute approximate surface area is 126 Å². The summed E-state index contributed by atoms with van der Waals surface area (Å²) in [5.74, 6) is 0. The maximum Gasteiger partial charge on any atom is 0.238 e. The van der Waals surface area contributed by atoms with Gasteiger partial charge >= 0.3 is 0 Å². The molecular formula is C19H21N2+. The van der Waals surface area contributed by atoms with Gasteiger partial charge in [0.2, 0.25) is 5.69 Å². The molecule has 106 valence electrons. The molecule has 0 bridgehead atoms. The average molecular weight is 277 g/mol. The molecule has 0 spiro atoms. The van der Waals surface area contributed by atoms with Gasteiger partial charge in [-0.05, 0) is 37.1 Å². The van der Waals surface area contributed by atoms with Crippen molar-refractivity contribution in [2.45, 2.75) is 13.8 Å². The number of nitrogens with zero attached hydrogens (tertiary/aromatic N) is 2. The van der Waals surface area contributed by atoms with Gasteiger partial charge in [0, 0.05) is 17.2 Å². The highest BCUT2D eigenvalue weighted by Gasteiger charge is 2.19. The summed E-state index contributed by atoms with van der Waals surface area (Å²) in [6.07, 6.45) is 0. The minimum atomic E-state index is 1.23. The lowest BCUT2D eigenvalue weighted by Gasteiger charge is -2.01. The van der Waals surface area contributed by atoms with Crippen molar-refractivity contribution >= 4 is 0 Å². The topological polar surface area (TPSA) is 8.81 Å². The van der Waals surface area contributed by atoms with Gasteiger partial charge in [-0.15, -0.1) is 4.68 Å². The molecule has 0 atom stereocenters. The zero-order valence-corrected chi connectivity index (χ0v) is 13.1. The van der Waals surface area contributed by atoms with E-state index in [1.54, 1.807) is 0 Å². The van der Waals surface area contributed by atoms with Crippen molar-refractivity contribution in [2.24, 2.45) is 14.1 Å². The fourth-order valence-corrected chi connectivity index (χ4v) is 2.69. The van der Waals surface area contributed by atoms with E-state index in [1.165, 1.54) is 33.6 Å². The fourth-order valence-electron chi connectivity index (χ4n) is 2.69. The highest BCUT2D eigenvalue weighted by Crippen LogP contribution is 2.25. The zero-order chi connectivity index (χ0) is 15.0. The van der Waals surface area contributed by atoms with Crippen LogP contribution in [-0.4, -0.2) is 4.68 Å². The Kier molecular flexibility index (Phi) is 3.38. The Morgan fingerprint density at radius 3 is 2.19 bits per heavy atom. The predicted octanol–water partition coefficient (Wildman–Crippen LogP) is 3.80. The third-order valence-corrected chi connectivity index (χ3v) is 4.29. The van der Waals surface area contributed by atoms with Gasteiger partial charge in [0.25, 0.3) is 0 Å². The van der Waals surface area contributed by atoms with Crippen LogP contribution in [0, 0.1) is 13.8 Å². The summed E-state index contributed by atoms with van der Waals surface area (Å²) in [7, 11) is 4.21. The van der Waals surface area contributed by atoms with E-state index in [4.69, 9.17) is 0 Å². The smallest absolute Gasteiger partial charge is 0.156 e. The van der Waals surface area contributed by atoms with Crippen molar-refractivity contribution in [3.05, 3.63) is 65.7 Å². The van der Waals surface area contributed by atoms with Crippen molar-refractivity contribution in [3.8, 4) is 22.5 Å². The van der Waals surface area contributed by atoms with E-state index in [0.717, 1.165) is 0 Å². The van der Waals surface area contributed by atoms with E-state index < -0.39 is 0 Å². The van der Waals surface area contributed by atoms with E-state index in [9.17, 15) is 0 Å². The Balaban J connectivity index is 2.15. The second-order valence-electron chi connectivity index (χ2n) is 5.63. The number of aryl methyl sites for hydroxylation is 2. The first kappa shape index (κ1) is 13.6. The third kappa shape index (κ3) is 2.38. The Bertz CT molecular complexity index is 783. The molecule has 0 radical (unpaired) electrons. The number of aromatic nitrogens is 2. The average Bonchev–Trinajstić information content (AvgIpc) is 2.79. The van der Waals surface area contributed by atoms with Crippen LogP contribution >= 0.6 is 0 Å².